The maximum atomic E-state index is 11.4. The number of alkyl carbamates (subject to hydrolysis) is 1. The van der Waals surface area contributed by atoms with Crippen LogP contribution in [-0.2, 0) is 18.3 Å². The first-order valence-electron chi connectivity index (χ1n) is 8.19. The third-order valence-electron chi connectivity index (χ3n) is 4.90. The lowest BCUT2D eigenvalue weighted by atomic mass is 9.93. The van der Waals surface area contributed by atoms with Crippen LogP contribution in [-0.4, -0.2) is 51.0 Å². The molecule has 0 radical (unpaired) electrons. The van der Waals surface area contributed by atoms with E-state index in [9.17, 15) is 4.79 Å². The van der Waals surface area contributed by atoms with Gasteiger partial charge in [-0.15, -0.1) is 10.2 Å². The van der Waals surface area contributed by atoms with Crippen molar-refractivity contribution < 1.29 is 13.9 Å². The van der Waals surface area contributed by atoms with Crippen LogP contribution in [0, 0.1) is 6.92 Å². The fraction of sp³-hybridized carbons (Fsp3) is 0.562. The lowest BCUT2D eigenvalue weighted by Gasteiger charge is -2.37. The Morgan fingerprint density at radius 2 is 2.25 bits per heavy atom. The van der Waals surface area contributed by atoms with E-state index in [-0.39, 0.29) is 6.09 Å². The van der Waals surface area contributed by atoms with Crippen molar-refractivity contribution in [2.75, 3.05) is 19.6 Å². The van der Waals surface area contributed by atoms with Crippen molar-refractivity contribution in [2.45, 2.75) is 31.9 Å². The summed E-state index contributed by atoms with van der Waals surface area (Å²) in [6.45, 7) is 4.79. The molecule has 1 atom stereocenters. The van der Waals surface area contributed by atoms with Gasteiger partial charge in [-0.3, -0.25) is 4.90 Å². The standard InChI is InChI=1S/C16H21N5O3/c1-11-4-5-12(20(11)2)14-19-18-13(23-14)8-21-7-3-6-16(10-21)9-17-15(22)24-16/h4-5H,3,6-10H2,1-2H3,(H,17,22)/t16-/m1/s1. The van der Waals surface area contributed by atoms with Crippen LogP contribution >= 0.6 is 0 Å². The molecule has 1 N–H and O–H groups in total. The van der Waals surface area contributed by atoms with E-state index in [2.05, 4.69) is 20.4 Å². The van der Waals surface area contributed by atoms with E-state index in [4.69, 9.17) is 9.15 Å². The van der Waals surface area contributed by atoms with Gasteiger partial charge < -0.3 is 19.0 Å². The molecule has 0 aromatic carbocycles. The average Bonchev–Trinajstić information content (AvgIpc) is 3.22. The highest BCUT2D eigenvalue weighted by Gasteiger charge is 2.43. The predicted molar refractivity (Wildman–Crippen MR) is 85.2 cm³/mol. The molecule has 2 aromatic rings. The van der Waals surface area contributed by atoms with Crippen molar-refractivity contribution in [1.82, 2.24) is 25.0 Å². The van der Waals surface area contributed by atoms with Crippen molar-refractivity contribution in [2.24, 2.45) is 7.05 Å². The van der Waals surface area contributed by atoms with Gasteiger partial charge in [0, 0.05) is 19.3 Å². The topological polar surface area (TPSA) is 85.4 Å². The first-order chi connectivity index (χ1) is 11.5. The Kier molecular flexibility index (Phi) is 3.56. The van der Waals surface area contributed by atoms with Gasteiger partial charge in [0.05, 0.1) is 13.1 Å². The molecule has 128 valence electrons. The van der Waals surface area contributed by atoms with Crippen LogP contribution in [0.3, 0.4) is 0 Å². The molecule has 0 bridgehead atoms. The van der Waals surface area contributed by atoms with E-state index in [0.717, 1.165) is 30.8 Å². The van der Waals surface area contributed by atoms with E-state index < -0.39 is 5.60 Å². The predicted octanol–water partition coefficient (Wildman–Crippen LogP) is 1.46. The van der Waals surface area contributed by atoms with Gasteiger partial charge >= 0.3 is 6.09 Å². The fourth-order valence-electron chi connectivity index (χ4n) is 3.50. The number of ether oxygens (including phenoxy) is 1. The second-order valence-electron chi connectivity index (χ2n) is 6.66. The highest BCUT2D eigenvalue weighted by Crippen LogP contribution is 2.29. The highest BCUT2D eigenvalue weighted by molar-refractivity contribution is 5.70. The molecule has 8 heteroatoms. The molecule has 0 aliphatic carbocycles. The second-order valence-corrected chi connectivity index (χ2v) is 6.66. The van der Waals surface area contributed by atoms with Crippen LogP contribution in [0.15, 0.2) is 16.5 Å². The molecule has 2 fully saturated rings. The SMILES string of the molecule is Cc1ccc(-c2nnc(CN3CCC[C@@]4(CNC(=O)O4)C3)o2)n1C. The summed E-state index contributed by atoms with van der Waals surface area (Å²) in [6.07, 6.45) is 1.54. The van der Waals surface area contributed by atoms with Crippen LogP contribution in [0.4, 0.5) is 4.79 Å². The van der Waals surface area contributed by atoms with Gasteiger partial charge in [-0.2, -0.15) is 0 Å². The summed E-state index contributed by atoms with van der Waals surface area (Å²) >= 11 is 0. The number of carbonyl (C=O) groups excluding carboxylic acids is 1. The van der Waals surface area contributed by atoms with Gasteiger partial charge in [0.1, 0.15) is 11.3 Å². The number of aryl methyl sites for hydroxylation is 1. The first kappa shape index (κ1) is 15.2. The Morgan fingerprint density at radius 3 is 2.96 bits per heavy atom. The molecule has 2 aromatic heterocycles. The highest BCUT2D eigenvalue weighted by atomic mass is 16.6. The largest absolute Gasteiger partial charge is 0.440 e. The zero-order chi connectivity index (χ0) is 16.7. The minimum Gasteiger partial charge on any atom is -0.440 e. The summed E-state index contributed by atoms with van der Waals surface area (Å²) in [4.78, 5) is 13.6. The summed E-state index contributed by atoms with van der Waals surface area (Å²) in [5, 5.41) is 11.1. The van der Waals surface area contributed by atoms with Crippen molar-refractivity contribution in [3.63, 3.8) is 0 Å². The monoisotopic (exact) mass is 331 g/mol. The Morgan fingerprint density at radius 1 is 1.38 bits per heavy atom. The first-order valence-corrected chi connectivity index (χ1v) is 8.19. The maximum absolute atomic E-state index is 11.4. The fourth-order valence-corrected chi connectivity index (χ4v) is 3.50. The van der Waals surface area contributed by atoms with E-state index in [1.54, 1.807) is 0 Å². The third-order valence-corrected chi connectivity index (χ3v) is 4.90. The molecule has 4 rings (SSSR count). The summed E-state index contributed by atoms with van der Waals surface area (Å²) in [5.74, 6) is 1.11. The number of hydrogen-bond acceptors (Lipinski definition) is 6. The minimum atomic E-state index is -0.409. The molecule has 4 heterocycles. The smallest absolute Gasteiger partial charge is 0.407 e. The quantitative estimate of drug-likeness (QED) is 0.916. The molecule has 0 unspecified atom stereocenters. The molecule has 8 nitrogen and oxygen atoms in total. The number of likely N-dealkylation sites (tertiary alicyclic amines) is 1. The van der Waals surface area contributed by atoms with E-state index in [1.807, 2.05) is 30.7 Å². The van der Waals surface area contributed by atoms with Gasteiger partial charge in [-0.1, -0.05) is 0 Å². The number of nitrogens with zero attached hydrogens (tertiary/aromatic N) is 4. The Hall–Kier alpha value is -2.35. The van der Waals surface area contributed by atoms with Gasteiger partial charge in [0.25, 0.3) is 5.89 Å². The van der Waals surface area contributed by atoms with Gasteiger partial charge in [-0.25, -0.2) is 4.79 Å². The molecule has 0 saturated carbocycles. The van der Waals surface area contributed by atoms with Crippen molar-refractivity contribution in [3.05, 3.63) is 23.7 Å². The van der Waals surface area contributed by atoms with Gasteiger partial charge in [0.15, 0.2) is 0 Å². The van der Waals surface area contributed by atoms with Crippen molar-refractivity contribution in [1.29, 1.82) is 0 Å². The summed E-state index contributed by atoms with van der Waals surface area (Å²) in [5.41, 5.74) is 1.64. The maximum Gasteiger partial charge on any atom is 0.407 e. The number of aromatic nitrogens is 3. The Labute approximate surface area is 139 Å². The van der Waals surface area contributed by atoms with Crippen LogP contribution in [0.2, 0.25) is 0 Å². The number of nitrogens with one attached hydrogen (secondary N) is 1. The zero-order valence-corrected chi connectivity index (χ0v) is 13.9. The molecule has 2 aliphatic heterocycles. The number of carbonyl (C=O) groups is 1. The molecule has 1 spiro atoms. The molecular weight excluding hydrogens is 310 g/mol. The van der Waals surface area contributed by atoms with Crippen molar-refractivity contribution >= 4 is 6.09 Å². The van der Waals surface area contributed by atoms with Crippen LogP contribution < -0.4 is 5.32 Å². The molecule has 24 heavy (non-hydrogen) atoms. The van der Waals surface area contributed by atoms with Crippen LogP contribution in [0.1, 0.15) is 24.4 Å². The van der Waals surface area contributed by atoms with E-state index >= 15 is 0 Å². The number of hydrogen-bond donors (Lipinski definition) is 1. The normalized spacial score (nSPS) is 24.3. The van der Waals surface area contributed by atoms with E-state index in [0.29, 0.717) is 31.4 Å². The summed E-state index contributed by atoms with van der Waals surface area (Å²) < 4.78 is 13.3. The minimum absolute atomic E-state index is 0.323. The van der Waals surface area contributed by atoms with Crippen molar-refractivity contribution in [3.8, 4) is 11.6 Å². The second kappa shape index (κ2) is 5.62. The molecule has 2 aliphatic rings. The Bertz CT molecular complexity index is 768. The van der Waals surface area contributed by atoms with E-state index in [1.165, 1.54) is 0 Å². The molecular formula is C16H21N5O3. The number of piperidine rings is 1. The lowest BCUT2D eigenvalue weighted by molar-refractivity contribution is -0.0131. The summed E-state index contributed by atoms with van der Waals surface area (Å²) in [6, 6.07) is 4.00. The average molecular weight is 331 g/mol. The number of amides is 1. The number of rotatable bonds is 3. The molecule has 2 saturated heterocycles. The van der Waals surface area contributed by atoms with Gasteiger partial charge in [-0.05, 0) is 38.4 Å². The van der Waals surface area contributed by atoms with Crippen LogP contribution in [0.25, 0.3) is 11.6 Å². The molecule has 1 amide bonds. The van der Waals surface area contributed by atoms with Gasteiger partial charge in [0.2, 0.25) is 5.89 Å². The lowest BCUT2D eigenvalue weighted by Crippen LogP contribution is -2.50. The Balaban J connectivity index is 1.46. The van der Waals surface area contributed by atoms with Crippen LogP contribution in [0.5, 0.6) is 0 Å². The third kappa shape index (κ3) is 2.66. The summed E-state index contributed by atoms with van der Waals surface area (Å²) in [7, 11) is 1.98. The zero-order valence-electron chi connectivity index (χ0n) is 13.9.